The van der Waals surface area contributed by atoms with Gasteiger partial charge in [-0.1, -0.05) is 6.07 Å². The van der Waals surface area contributed by atoms with Crippen molar-refractivity contribution in [2.24, 2.45) is 7.05 Å². The molecule has 9 nitrogen and oxygen atoms in total. The Morgan fingerprint density at radius 2 is 1.86 bits per heavy atom. The highest BCUT2D eigenvalue weighted by atomic mass is 19.3. The second kappa shape index (κ2) is 12.7. The van der Waals surface area contributed by atoms with E-state index in [4.69, 9.17) is 14.2 Å². The van der Waals surface area contributed by atoms with Crippen molar-refractivity contribution in [3.63, 3.8) is 0 Å². The van der Waals surface area contributed by atoms with E-state index in [1.807, 2.05) is 12.1 Å². The molecule has 222 valence electrons. The lowest BCUT2D eigenvalue weighted by atomic mass is 9.93. The first-order chi connectivity index (χ1) is 20.2. The molecule has 0 radical (unpaired) electrons. The van der Waals surface area contributed by atoms with Gasteiger partial charge in [0.2, 0.25) is 5.88 Å². The van der Waals surface area contributed by atoms with E-state index in [1.165, 1.54) is 26.4 Å². The van der Waals surface area contributed by atoms with Crippen LogP contribution in [0.3, 0.4) is 0 Å². The van der Waals surface area contributed by atoms with Crippen LogP contribution in [0.2, 0.25) is 0 Å². The van der Waals surface area contributed by atoms with Gasteiger partial charge in [-0.25, -0.2) is 19.2 Å². The number of hydrogen-bond acceptors (Lipinski definition) is 8. The molecule has 2 aromatic carbocycles. The van der Waals surface area contributed by atoms with Crippen molar-refractivity contribution in [2.75, 3.05) is 27.3 Å². The number of carbonyl (C=O) groups excluding carboxylic acids is 1. The fourth-order valence-electron chi connectivity index (χ4n) is 5.12. The zero-order chi connectivity index (χ0) is 29.8. The van der Waals surface area contributed by atoms with Crippen LogP contribution in [-0.4, -0.2) is 59.3 Å². The van der Waals surface area contributed by atoms with E-state index in [1.54, 1.807) is 35.9 Å². The molecule has 5 rings (SSSR count). The summed E-state index contributed by atoms with van der Waals surface area (Å²) < 4.78 is 62.5. The molecule has 0 atom stereocenters. The lowest BCUT2D eigenvalue weighted by Gasteiger charge is -2.31. The number of halogens is 3. The second-order valence-corrected chi connectivity index (χ2v) is 10.00. The van der Waals surface area contributed by atoms with Gasteiger partial charge < -0.3 is 23.5 Å². The number of hydrogen-bond donors (Lipinski definition) is 0. The minimum Gasteiger partial charge on any atom is -0.497 e. The molecule has 42 heavy (non-hydrogen) atoms. The number of imidazole rings is 1. The first-order valence-corrected chi connectivity index (χ1v) is 13.4. The van der Waals surface area contributed by atoms with Gasteiger partial charge in [0.1, 0.15) is 29.5 Å². The molecular formula is C30H31F3N4O5. The topological polar surface area (TPSA) is 87.9 Å². The Labute approximate surface area is 240 Å². The van der Waals surface area contributed by atoms with Crippen LogP contribution in [0.1, 0.15) is 46.2 Å². The number of aryl methyl sites for hydroxylation is 1. The van der Waals surface area contributed by atoms with E-state index in [0.29, 0.717) is 35.1 Å². The monoisotopic (exact) mass is 584 g/mol. The molecule has 0 bridgehead atoms. The highest BCUT2D eigenvalue weighted by Gasteiger charge is 2.25. The van der Waals surface area contributed by atoms with Gasteiger partial charge in [0.15, 0.2) is 5.75 Å². The van der Waals surface area contributed by atoms with Gasteiger partial charge in [0.25, 0.3) is 0 Å². The van der Waals surface area contributed by atoms with Crippen molar-refractivity contribution in [3.8, 4) is 17.4 Å². The average molecular weight is 585 g/mol. The Morgan fingerprint density at radius 3 is 2.55 bits per heavy atom. The number of fused-ring (bicyclic) bond motifs is 1. The van der Waals surface area contributed by atoms with Crippen molar-refractivity contribution in [1.82, 2.24) is 19.4 Å². The predicted octanol–water partition coefficient (Wildman–Crippen LogP) is 5.46. The first kappa shape index (κ1) is 29.2. The summed E-state index contributed by atoms with van der Waals surface area (Å²) >= 11 is 0. The van der Waals surface area contributed by atoms with Crippen molar-refractivity contribution in [2.45, 2.75) is 38.5 Å². The number of esters is 1. The molecule has 2 aromatic heterocycles. The normalized spacial score (nSPS) is 14.4. The number of piperidine rings is 1. The van der Waals surface area contributed by atoms with Crippen LogP contribution in [0.15, 0.2) is 48.5 Å². The van der Waals surface area contributed by atoms with E-state index in [9.17, 15) is 18.0 Å². The fraction of sp³-hybridized carbons (Fsp3) is 0.367. The van der Waals surface area contributed by atoms with Gasteiger partial charge >= 0.3 is 12.6 Å². The molecular weight excluding hydrogens is 553 g/mol. The van der Waals surface area contributed by atoms with E-state index in [2.05, 4.69) is 19.6 Å². The van der Waals surface area contributed by atoms with Crippen LogP contribution in [0.25, 0.3) is 11.0 Å². The number of rotatable bonds is 10. The van der Waals surface area contributed by atoms with Crippen LogP contribution in [0, 0.1) is 5.82 Å². The Bertz CT molecular complexity index is 1570. The van der Waals surface area contributed by atoms with E-state index in [0.717, 1.165) is 31.6 Å². The Balaban J connectivity index is 1.23. The number of ether oxygens (including phenoxy) is 4. The largest absolute Gasteiger partial charge is 0.497 e. The lowest BCUT2D eigenvalue weighted by molar-refractivity contribution is -0.0489. The van der Waals surface area contributed by atoms with Gasteiger partial charge in [-0.05, 0) is 56.3 Å². The average Bonchev–Trinajstić information content (AvgIpc) is 3.31. The van der Waals surface area contributed by atoms with Crippen LogP contribution in [0.5, 0.6) is 17.4 Å². The maximum atomic E-state index is 14.3. The Kier molecular flexibility index (Phi) is 8.81. The molecule has 12 heteroatoms. The van der Waals surface area contributed by atoms with E-state index in [-0.39, 0.29) is 29.4 Å². The van der Waals surface area contributed by atoms with Crippen LogP contribution in [-0.2, 0) is 24.9 Å². The fourth-order valence-corrected chi connectivity index (χ4v) is 5.12. The van der Waals surface area contributed by atoms with Crippen LogP contribution < -0.4 is 14.2 Å². The van der Waals surface area contributed by atoms with Crippen molar-refractivity contribution in [1.29, 1.82) is 0 Å². The molecule has 3 heterocycles. The van der Waals surface area contributed by atoms with Crippen molar-refractivity contribution in [3.05, 3.63) is 77.0 Å². The molecule has 0 unspecified atom stereocenters. The SMILES string of the molecule is COC(=O)c1cc(OC(F)F)c2nc(CN3CCC(c4cccc(OCc5ccc(OC)cc5F)n4)CC3)n(C)c2c1. The lowest BCUT2D eigenvalue weighted by Crippen LogP contribution is -2.33. The number of likely N-dealkylation sites (tertiary alicyclic amines) is 1. The third kappa shape index (κ3) is 6.43. The van der Waals surface area contributed by atoms with Crippen molar-refractivity contribution >= 4 is 17.0 Å². The summed E-state index contributed by atoms with van der Waals surface area (Å²) in [6.07, 6.45) is 1.69. The molecule has 0 saturated carbocycles. The molecule has 0 amide bonds. The highest BCUT2D eigenvalue weighted by Crippen LogP contribution is 2.32. The Morgan fingerprint density at radius 1 is 1.07 bits per heavy atom. The number of nitrogens with zero attached hydrogens (tertiary/aromatic N) is 4. The summed E-state index contributed by atoms with van der Waals surface area (Å²) in [7, 11) is 4.48. The zero-order valence-corrected chi connectivity index (χ0v) is 23.5. The zero-order valence-electron chi connectivity index (χ0n) is 23.5. The van der Waals surface area contributed by atoms with E-state index < -0.39 is 18.4 Å². The molecule has 0 N–H and O–H groups in total. The molecule has 4 aromatic rings. The molecule has 1 fully saturated rings. The second-order valence-electron chi connectivity index (χ2n) is 10.00. The highest BCUT2D eigenvalue weighted by molar-refractivity contribution is 5.96. The third-order valence-electron chi connectivity index (χ3n) is 7.43. The van der Waals surface area contributed by atoms with Gasteiger partial charge in [-0.15, -0.1) is 0 Å². The first-order valence-electron chi connectivity index (χ1n) is 13.4. The minimum absolute atomic E-state index is 0.0495. The number of methoxy groups -OCH3 is 2. The summed E-state index contributed by atoms with van der Waals surface area (Å²) in [5.41, 5.74) is 2.17. The van der Waals surface area contributed by atoms with Gasteiger partial charge in [-0.3, -0.25) is 4.90 Å². The molecule has 1 aliphatic rings. The number of pyridine rings is 1. The summed E-state index contributed by atoms with van der Waals surface area (Å²) in [4.78, 5) is 23.6. The van der Waals surface area contributed by atoms with Gasteiger partial charge in [-0.2, -0.15) is 8.78 Å². The van der Waals surface area contributed by atoms with Crippen molar-refractivity contribution < 1.29 is 36.9 Å². The van der Waals surface area contributed by atoms with Crippen LogP contribution >= 0.6 is 0 Å². The molecule has 0 aliphatic carbocycles. The molecule has 1 saturated heterocycles. The standard InChI is InChI=1S/C30H31F3N4O5/c1-36-24-13-20(29(38)40-3)14-25(42-30(32)33)28(24)35-26(36)16-37-11-9-18(10-12-37)23-5-4-6-27(34-23)41-17-19-7-8-21(39-2)15-22(19)31/h4-8,13-15,18,30H,9-12,16-17H2,1-3H3. The molecule has 0 spiro atoms. The summed E-state index contributed by atoms with van der Waals surface area (Å²) in [6, 6.07) is 13.0. The van der Waals surface area contributed by atoms with Crippen LogP contribution in [0.4, 0.5) is 13.2 Å². The van der Waals surface area contributed by atoms with Gasteiger partial charge in [0.05, 0.1) is 31.8 Å². The minimum atomic E-state index is -3.06. The maximum Gasteiger partial charge on any atom is 0.387 e. The van der Waals surface area contributed by atoms with E-state index >= 15 is 0 Å². The smallest absolute Gasteiger partial charge is 0.387 e. The maximum absolute atomic E-state index is 14.3. The number of aromatic nitrogens is 3. The summed E-state index contributed by atoms with van der Waals surface area (Å²) in [6.45, 7) is -0.985. The Hall–Kier alpha value is -4.32. The third-order valence-corrected chi connectivity index (χ3v) is 7.43. The summed E-state index contributed by atoms with van der Waals surface area (Å²) in [5, 5.41) is 0. The number of alkyl halides is 2. The quantitative estimate of drug-likeness (QED) is 0.227. The molecule has 1 aliphatic heterocycles. The number of benzene rings is 2. The summed E-state index contributed by atoms with van der Waals surface area (Å²) in [5.74, 6) is 0.513. The number of carbonyl (C=O) groups is 1. The predicted molar refractivity (Wildman–Crippen MR) is 147 cm³/mol. The van der Waals surface area contributed by atoms with Gasteiger partial charge in [0, 0.05) is 36.4 Å².